The van der Waals surface area contributed by atoms with E-state index in [-0.39, 0.29) is 6.04 Å². The second kappa shape index (κ2) is 5.33. The third-order valence-electron chi connectivity index (χ3n) is 4.11. The zero-order chi connectivity index (χ0) is 11.5. The molecule has 2 rings (SSSR count). The molecule has 2 N–H and O–H groups in total. The Balaban J connectivity index is 2.04. The summed E-state index contributed by atoms with van der Waals surface area (Å²) >= 11 is 1.84. The van der Waals surface area contributed by atoms with Crippen molar-refractivity contribution in [3.8, 4) is 0 Å². The highest BCUT2D eigenvalue weighted by Crippen LogP contribution is 2.39. The van der Waals surface area contributed by atoms with Gasteiger partial charge in [-0.15, -0.1) is 11.3 Å². The first kappa shape index (κ1) is 12.1. The molecule has 1 fully saturated rings. The molecule has 0 bridgehead atoms. The standard InChI is InChI=1S/C14H23NS/c1-3-11-5-4-6-12(9-11)13(15)14-10(2)7-8-16-14/h7-8,11-13H,3-6,9,15H2,1-2H3. The Kier molecular flexibility index (Phi) is 4.04. The van der Waals surface area contributed by atoms with Crippen LogP contribution in [-0.4, -0.2) is 0 Å². The molecule has 16 heavy (non-hydrogen) atoms. The van der Waals surface area contributed by atoms with Crippen LogP contribution >= 0.6 is 11.3 Å². The zero-order valence-electron chi connectivity index (χ0n) is 10.4. The van der Waals surface area contributed by atoms with Crippen molar-refractivity contribution in [3.63, 3.8) is 0 Å². The second-order valence-electron chi connectivity index (χ2n) is 5.19. The highest BCUT2D eigenvalue weighted by atomic mass is 32.1. The van der Waals surface area contributed by atoms with Crippen LogP contribution in [0.15, 0.2) is 11.4 Å². The zero-order valence-corrected chi connectivity index (χ0v) is 11.2. The van der Waals surface area contributed by atoms with Gasteiger partial charge >= 0.3 is 0 Å². The maximum atomic E-state index is 6.44. The molecule has 1 saturated carbocycles. The fraction of sp³-hybridized carbons (Fsp3) is 0.714. The van der Waals surface area contributed by atoms with Crippen LogP contribution in [0.3, 0.4) is 0 Å². The summed E-state index contributed by atoms with van der Waals surface area (Å²) in [5, 5.41) is 2.17. The molecule has 0 amide bonds. The summed E-state index contributed by atoms with van der Waals surface area (Å²) in [7, 11) is 0. The van der Waals surface area contributed by atoms with Gasteiger partial charge in [0.05, 0.1) is 0 Å². The Hall–Kier alpha value is -0.340. The van der Waals surface area contributed by atoms with Gasteiger partial charge in [0.1, 0.15) is 0 Å². The van der Waals surface area contributed by atoms with Crippen LogP contribution in [0.1, 0.15) is 55.5 Å². The van der Waals surface area contributed by atoms with E-state index in [0.717, 1.165) is 11.8 Å². The van der Waals surface area contributed by atoms with Crippen LogP contribution in [0.2, 0.25) is 0 Å². The van der Waals surface area contributed by atoms with E-state index >= 15 is 0 Å². The van der Waals surface area contributed by atoms with Gasteiger partial charge in [-0.2, -0.15) is 0 Å². The predicted molar refractivity (Wildman–Crippen MR) is 71.7 cm³/mol. The number of nitrogens with two attached hydrogens (primary N) is 1. The van der Waals surface area contributed by atoms with Crippen molar-refractivity contribution < 1.29 is 0 Å². The number of thiophene rings is 1. The molecule has 1 nitrogen and oxygen atoms in total. The molecule has 3 atom stereocenters. The van der Waals surface area contributed by atoms with Gasteiger partial charge in [-0.1, -0.05) is 26.2 Å². The highest BCUT2D eigenvalue weighted by Gasteiger charge is 2.27. The Morgan fingerprint density at radius 2 is 2.31 bits per heavy atom. The lowest BCUT2D eigenvalue weighted by molar-refractivity contribution is 0.231. The lowest BCUT2D eigenvalue weighted by Crippen LogP contribution is -2.26. The van der Waals surface area contributed by atoms with Crippen molar-refractivity contribution in [2.75, 3.05) is 0 Å². The van der Waals surface area contributed by atoms with Gasteiger partial charge in [0.15, 0.2) is 0 Å². The second-order valence-corrected chi connectivity index (χ2v) is 6.14. The molecule has 3 unspecified atom stereocenters. The van der Waals surface area contributed by atoms with Gasteiger partial charge in [-0.25, -0.2) is 0 Å². The van der Waals surface area contributed by atoms with Crippen molar-refractivity contribution in [3.05, 3.63) is 21.9 Å². The Labute approximate surface area is 103 Å². The minimum atomic E-state index is 0.286. The molecule has 0 aliphatic heterocycles. The smallest absolute Gasteiger partial charge is 0.0421 e. The summed E-state index contributed by atoms with van der Waals surface area (Å²) in [6.07, 6.45) is 6.79. The van der Waals surface area contributed by atoms with Crippen molar-refractivity contribution in [1.82, 2.24) is 0 Å². The fourth-order valence-corrected chi connectivity index (χ4v) is 3.99. The molecule has 1 aliphatic carbocycles. The van der Waals surface area contributed by atoms with Crippen molar-refractivity contribution in [2.24, 2.45) is 17.6 Å². The summed E-state index contributed by atoms with van der Waals surface area (Å²) in [5.74, 6) is 1.64. The van der Waals surface area contributed by atoms with Crippen LogP contribution in [-0.2, 0) is 0 Å². The topological polar surface area (TPSA) is 26.0 Å². The first-order valence-electron chi connectivity index (χ1n) is 6.52. The number of rotatable bonds is 3. The normalized spacial score (nSPS) is 27.9. The van der Waals surface area contributed by atoms with E-state index in [0.29, 0.717) is 0 Å². The summed E-state index contributed by atoms with van der Waals surface area (Å²) in [6, 6.07) is 2.48. The molecular weight excluding hydrogens is 214 g/mol. The molecule has 0 saturated heterocycles. The van der Waals surface area contributed by atoms with Crippen LogP contribution in [0.5, 0.6) is 0 Å². The SMILES string of the molecule is CCC1CCCC(C(N)c2sccc2C)C1. The minimum Gasteiger partial charge on any atom is -0.323 e. The van der Waals surface area contributed by atoms with Gasteiger partial charge in [-0.3, -0.25) is 0 Å². The number of hydrogen-bond acceptors (Lipinski definition) is 2. The largest absolute Gasteiger partial charge is 0.323 e. The highest BCUT2D eigenvalue weighted by molar-refractivity contribution is 7.10. The first-order chi connectivity index (χ1) is 7.72. The summed E-state index contributed by atoms with van der Waals surface area (Å²) < 4.78 is 0. The Bertz CT molecular complexity index is 331. The van der Waals surface area contributed by atoms with Gasteiger partial charge in [0.25, 0.3) is 0 Å². The molecule has 90 valence electrons. The summed E-state index contributed by atoms with van der Waals surface area (Å²) in [6.45, 7) is 4.50. The Morgan fingerprint density at radius 3 is 2.94 bits per heavy atom. The van der Waals surface area contributed by atoms with E-state index in [9.17, 15) is 0 Å². The van der Waals surface area contributed by atoms with E-state index in [2.05, 4.69) is 25.3 Å². The third-order valence-corrected chi connectivity index (χ3v) is 5.23. The molecule has 1 aromatic rings. The number of aryl methyl sites for hydroxylation is 1. The van der Waals surface area contributed by atoms with Crippen LogP contribution < -0.4 is 5.73 Å². The maximum Gasteiger partial charge on any atom is 0.0421 e. The Morgan fingerprint density at radius 1 is 1.50 bits per heavy atom. The molecule has 1 heterocycles. The van der Waals surface area contributed by atoms with E-state index < -0.39 is 0 Å². The van der Waals surface area contributed by atoms with Crippen molar-refractivity contribution in [2.45, 2.75) is 52.0 Å². The first-order valence-corrected chi connectivity index (χ1v) is 7.40. The molecule has 0 aromatic carbocycles. The van der Waals surface area contributed by atoms with Gasteiger partial charge < -0.3 is 5.73 Å². The monoisotopic (exact) mass is 237 g/mol. The molecule has 0 spiro atoms. The maximum absolute atomic E-state index is 6.44. The van der Waals surface area contributed by atoms with E-state index in [1.54, 1.807) is 0 Å². The molecule has 1 aliphatic rings. The minimum absolute atomic E-state index is 0.286. The average Bonchev–Trinajstić information content (AvgIpc) is 2.74. The molecule has 0 radical (unpaired) electrons. The summed E-state index contributed by atoms with van der Waals surface area (Å²) in [5.41, 5.74) is 7.83. The lowest BCUT2D eigenvalue weighted by atomic mass is 9.76. The van der Waals surface area contributed by atoms with Crippen molar-refractivity contribution >= 4 is 11.3 Å². The van der Waals surface area contributed by atoms with Crippen molar-refractivity contribution in [1.29, 1.82) is 0 Å². The predicted octanol–water partition coefficient (Wildman–Crippen LogP) is 4.27. The van der Waals surface area contributed by atoms with Crippen LogP contribution in [0, 0.1) is 18.8 Å². The van der Waals surface area contributed by atoms with Gasteiger partial charge in [-0.05, 0) is 48.6 Å². The van der Waals surface area contributed by atoms with E-state index in [4.69, 9.17) is 5.73 Å². The third kappa shape index (κ3) is 2.49. The molecular formula is C14H23NS. The number of hydrogen-bond donors (Lipinski definition) is 1. The van der Waals surface area contributed by atoms with Gasteiger partial charge in [0, 0.05) is 10.9 Å². The lowest BCUT2D eigenvalue weighted by Gasteiger charge is -2.32. The quantitative estimate of drug-likeness (QED) is 0.834. The van der Waals surface area contributed by atoms with Crippen LogP contribution in [0.25, 0.3) is 0 Å². The average molecular weight is 237 g/mol. The fourth-order valence-electron chi connectivity index (χ4n) is 2.97. The van der Waals surface area contributed by atoms with E-state index in [1.165, 1.54) is 42.5 Å². The summed E-state index contributed by atoms with van der Waals surface area (Å²) in [4.78, 5) is 1.42. The van der Waals surface area contributed by atoms with Crippen LogP contribution in [0.4, 0.5) is 0 Å². The van der Waals surface area contributed by atoms with Gasteiger partial charge in [0.2, 0.25) is 0 Å². The molecule has 2 heteroatoms. The molecule has 1 aromatic heterocycles. The van der Waals surface area contributed by atoms with E-state index in [1.807, 2.05) is 11.3 Å².